The van der Waals surface area contributed by atoms with Crippen LogP contribution in [0.1, 0.15) is 42.9 Å². The van der Waals surface area contributed by atoms with Crippen molar-refractivity contribution in [2.24, 2.45) is 16.1 Å². The summed E-state index contributed by atoms with van der Waals surface area (Å²) in [5, 5.41) is 31.3. The summed E-state index contributed by atoms with van der Waals surface area (Å²) in [6.45, 7) is 1.72. The van der Waals surface area contributed by atoms with Crippen LogP contribution in [-0.2, 0) is 4.79 Å². The topological polar surface area (TPSA) is 133 Å². The highest BCUT2D eigenvalue weighted by atomic mass is 16.4. The van der Waals surface area contributed by atoms with E-state index in [0.717, 1.165) is 12.8 Å². The molecule has 31 heavy (non-hydrogen) atoms. The number of hydrogen-bond acceptors (Lipinski definition) is 6. The first-order valence-corrected chi connectivity index (χ1v) is 10.1. The van der Waals surface area contributed by atoms with Crippen molar-refractivity contribution in [3.8, 4) is 11.4 Å². The van der Waals surface area contributed by atoms with Gasteiger partial charge in [0.15, 0.2) is 5.69 Å². The summed E-state index contributed by atoms with van der Waals surface area (Å²) in [6, 6.07) is 8.56. The lowest BCUT2D eigenvalue weighted by Gasteiger charge is -2.27. The number of carbonyl (C=O) groups is 1. The van der Waals surface area contributed by atoms with Crippen LogP contribution < -0.4 is 5.56 Å². The second-order valence-electron chi connectivity index (χ2n) is 7.75. The first-order valence-electron chi connectivity index (χ1n) is 10.1. The van der Waals surface area contributed by atoms with E-state index in [4.69, 9.17) is 0 Å². The number of nitrogens with zero attached hydrogens (tertiary/aromatic N) is 4. The molecule has 0 radical (unpaired) electrons. The van der Waals surface area contributed by atoms with E-state index in [9.17, 15) is 19.8 Å². The van der Waals surface area contributed by atoms with Gasteiger partial charge in [-0.1, -0.05) is 18.6 Å². The third-order valence-electron chi connectivity index (χ3n) is 5.73. The van der Waals surface area contributed by atoms with Gasteiger partial charge in [0.1, 0.15) is 11.4 Å². The number of phenols is 1. The highest BCUT2D eigenvalue weighted by Gasteiger charge is 2.29. The third kappa shape index (κ3) is 4.11. The minimum atomic E-state index is -0.798. The van der Waals surface area contributed by atoms with Gasteiger partial charge in [-0.25, -0.2) is 4.68 Å². The van der Waals surface area contributed by atoms with Crippen LogP contribution in [0.4, 0.5) is 11.4 Å². The molecule has 160 valence electrons. The monoisotopic (exact) mass is 421 g/mol. The molecule has 1 saturated carbocycles. The van der Waals surface area contributed by atoms with Crippen molar-refractivity contribution in [1.82, 2.24) is 14.8 Å². The van der Waals surface area contributed by atoms with Crippen LogP contribution >= 0.6 is 0 Å². The Labute approximate surface area is 178 Å². The van der Waals surface area contributed by atoms with E-state index in [1.54, 1.807) is 49.6 Å². The predicted octanol–water partition coefficient (Wildman–Crippen LogP) is 4.35. The largest absolute Gasteiger partial charge is 0.505 e. The molecule has 0 spiro atoms. The number of carboxylic acids is 1. The second-order valence-corrected chi connectivity index (χ2v) is 7.75. The maximum absolute atomic E-state index is 12.8. The van der Waals surface area contributed by atoms with Crippen molar-refractivity contribution in [3.63, 3.8) is 0 Å². The van der Waals surface area contributed by atoms with Crippen LogP contribution in [0.15, 0.2) is 57.7 Å². The number of aromatic nitrogens is 3. The molecule has 1 aromatic carbocycles. The van der Waals surface area contributed by atoms with Gasteiger partial charge in [0, 0.05) is 12.4 Å². The van der Waals surface area contributed by atoms with Gasteiger partial charge in [0.2, 0.25) is 0 Å². The van der Waals surface area contributed by atoms with Gasteiger partial charge < -0.3 is 10.2 Å². The van der Waals surface area contributed by atoms with Crippen molar-refractivity contribution >= 4 is 17.3 Å². The number of pyridine rings is 1. The molecule has 9 heteroatoms. The van der Waals surface area contributed by atoms with Gasteiger partial charge >= 0.3 is 5.97 Å². The number of rotatable bonds is 5. The van der Waals surface area contributed by atoms with Crippen molar-refractivity contribution in [3.05, 3.63) is 64.3 Å². The van der Waals surface area contributed by atoms with Crippen LogP contribution in [-0.4, -0.2) is 30.9 Å². The fourth-order valence-corrected chi connectivity index (χ4v) is 4.09. The fourth-order valence-electron chi connectivity index (χ4n) is 4.09. The Balaban J connectivity index is 1.62. The summed E-state index contributed by atoms with van der Waals surface area (Å²) in [4.78, 5) is 28.1. The first kappa shape index (κ1) is 20.5. The summed E-state index contributed by atoms with van der Waals surface area (Å²) in [5.41, 5.74) is 1.86. The van der Waals surface area contributed by atoms with Crippen molar-refractivity contribution in [1.29, 1.82) is 0 Å². The minimum absolute atomic E-state index is 0.0232. The Morgan fingerprint density at radius 2 is 1.97 bits per heavy atom. The lowest BCUT2D eigenvalue weighted by atomic mass is 9.77. The highest BCUT2D eigenvalue weighted by molar-refractivity contribution is 5.70. The number of aliphatic carboxylic acids is 1. The van der Waals surface area contributed by atoms with Gasteiger partial charge in [0.25, 0.3) is 5.56 Å². The number of phenolic OH excluding ortho intramolecular Hbond substituents is 1. The van der Waals surface area contributed by atoms with Crippen molar-refractivity contribution in [2.75, 3.05) is 0 Å². The Kier molecular flexibility index (Phi) is 5.66. The fraction of sp³-hybridized carbons (Fsp3) is 0.318. The van der Waals surface area contributed by atoms with E-state index in [0.29, 0.717) is 29.8 Å². The summed E-state index contributed by atoms with van der Waals surface area (Å²) >= 11 is 0. The summed E-state index contributed by atoms with van der Waals surface area (Å²) < 4.78 is 1.36. The number of aryl methyl sites for hydroxylation is 1. The molecule has 0 aliphatic heterocycles. The number of nitrogens with one attached hydrogen (secondary N) is 1. The lowest BCUT2D eigenvalue weighted by Crippen LogP contribution is -2.21. The number of benzene rings is 1. The zero-order chi connectivity index (χ0) is 22.0. The van der Waals surface area contributed by atoms with E-state index in [-0.39, 0.29) is 28.6 Å². The van der Waals surface area contributed by atoms with E-state index in [1.807, 2.05) is 0 Å². The SMILES string of the molecule is Cc1[nH]n(-c2ccncc2)c(=O)c1N=Nc1cccc(C2CCCC(C(=O)O)C2)c1O. The van der Waals surface area contributed by atoms with Gasteiger partial charge in [-0.3, -0.25) is 19.7 Å². The minimum Gasteiger partial charge on any atom is -0.505 e. The molecule has 9 nitrogen and oxygen atoms in total. The molecule has 1 aliphatic carbocycles. The molecule has 0 amide bonds. The van der Waals surface area contributed by atoms with E-state index < -0.39 is 11.9 Å². The van der Waals surface area contributed by atoms with E-state index in [2.05, 4.69) is 20.3 Å². The Morgan fingerprint density at radius 3 is 2.71 bits per heavy atom. The maximum Gasteiger partial charge on any atom is 0.306 e. The number of aromatic amines is 1. The van der Waals surface area contributed by atoms with Crippen LogP contribution in [0.25, 0.3) is 5.69 Å². The molecule has 2 aromatic heterocycles. The Bertz CT molecular complexity index is 1180. The zero-order valence-electron chi connectivity index (χ0n) is 17.0. The second kappa shape index (κ2) is 8.55. The van der Waals surface area contributed by atoms with Crippen molar-refractivity contribution < 1.29 is 15.0 Å². The molecule has 3 N–H and O–H groups in total. The predicted molar refractivity (Wildman–Crippen MR) is 114 cm³/mol. The normalized spacial score (nSPS) is 19.0. The third-order valence-corrected chi connectivity index (χ3v) is 5.73. The molecule has 2 heterocycles. The van der Waals surface area contributed by atoms with E-state index in [1.165, 1.54) is 4.68 Å². The average molecular weight is 421 g/mol. The highest BCUT2D eigenvalue weighted by Crippen LogP contribution is 2.43. The molecule has 2 atom stereocenters. The molecule has 1 fully saturated rings. The number of aromatic hydroxyl groups is 1. The number of azo groups is 1. The van der Waals surface area contributed by atoms with Gasteiger partial charge in [-0.05, 0) is 55.9 Å². The number of carboxylic acid groups (broad SMARTS) is 1. The van der Waals surface area contributed by atoms with Gasteiger partial charge in [-0.15, -0.1) is 10.2 Å². The van der Waals surface area contributed by atoms with Crippen LogP contribution in [0.5, 0.6) is 5.75 Å². The summed E-state index contributed by atoms with van der Waals surface area (Å²) in [6.07, 6.45) is 5.92. The first-order chi connectivity index (χ1) is 15.0. The molecule has 0 saturated heterocycles. The molecular formula is C22H23N5O4. The summed E-state index contributed by atoms with van der Waals surface area (Å²) in [7, 11) is 0. The molecule has 2 unspecified atom stereocenters. The van der Waals surface area contributed by atoms with Crippen molar-refractivity contribution in [2.45, 2.75) is 38.5 Å². The Hall–Kier alpha value is -3.75. The molecule has 1 aliphatic rings. The average Bonchev–Trinajstić information content (AvgIpc) is 3.07. The summed E-state index contributed by atoms with van der Waals surface area (Å²) in [5.74, 6) is -1.28. The molecule has 0 bridgehead atoms. The smallest absolute Gasteiger partial charge is 0.306 e. The van der Waals surface area contributed by atoms with Crippen LogP contribution in [0, 0.1) is 12.8 Å². The van der Waals surface area contributed by atoms with E-state index >= 15 is 0 Å². The maximum atomic E-state index is 12.8. The van der Waals surface area contributed by atoms with Crippen LogP contribution in [0.3, 0.4) is 0 Å². The Morgan fingerprint density at radius 1 is 1.19 bits per heavy atom. The lowest BCUT2D eigenvalue weighted by molar-refractivity contribution is -0.143. The van der Waals surface area contributed by atoms with Gasteiger partial charge in [-0.2, -0.15) is 0 Å². The molecule has 3 aromatic rings. The molecular weight excluding hydrogens is 398 g/mol. The number of H-pyrrole nitrogens is 1. The van der Waals surface area contributed by atoms with Crippen LogP contribution in [0.2, 0.25) is 0 Å². The number of hydrogen-bond donors (Lipinski definition) is 3. The quantitative estimate of drug-likeness (QED) is 0.527. The molecule has 4 rings (SSSR count). The zero-order valence-corrected chi connectivity index (χ0v) is 17.0. The number of para-hydroxylation sites is 1. The standard InChI is InChI=1S/C22H23N5O4/c1-13-19(21(29)27(26-13)16-8-10-23-11-9-16)25-24-18-7-3-6-17(20(18)28)14-4-2-5-15(12-14)22(30)31/h3,6-11,14-15,26,28H,2,4-5,12H2,1H3,(H,30,31). The van der Waals surface area contributed by atoms with Gasteiger partial charge in [0.05, 0.1) is 17.3 Å².